The minimum absolute atomic E-state index is 0.0726. The summed E-state index contributed by atoms with van der Waals surface area (Å²) in [5, 5.41) is 3.91. The number of nitrogens with one attached hydrogen (secondary N) is 1. The number of amides is 1. The normalized spacial score (nSPS) is 15.0. The highest BCUT2D eigenvalue weighted by Crippen LogP contribution is 2.48. The number of rotatable bonds is 6. The van der Waals surface area contributed by atoms with Gasteiger partial charge in [-0.25, -0.2) is 0 Å². The van der Waals surface area contributed by atoms with Gasteiger partial charge in [0.2, 0.25) is 5.91 Å². The fourth-order valence-corrected chi connectivity index (χ4v) is 2.99. The van der Waals surface area contributed by atoms with Crippen molar-refractivity contribution < 1.29 is 9.53 Å². The third-order valence-electron chi connectivity index (χ3n) is 4.31. The number of para-hydroxylation sites is 1. The summed E-state index contributed by atoms with van der Waals surface area (Å²) in [5.41, 5.74) is 1.94. The number of hydrogen-bond acceptors (Lipinski definition) is 2. The molecule has 0 bridgehead atoms. The van der Waals surface area contributed by atoms with E-state index < -0.39 is 0 Å². The van der Waals surface area contributed by atoms with Crippen LogP contribution >= 0.6 is 11.6 Å². The minimum atomic E-state index is -0.246. The summed E-state index contributed by atoms with van der Waals surface area (Å²) >= 11 is 5.88. The predicted octanol–water partition coefficient (Wildman–Crippen LogP) is 4.09. The minimum Gasteiger partial charge on any atom is -0.496 e. The topological polar surface area (TPSA) is 38.3 Å². The number of aryl methyl sites for hydroxylation is 1. The van der Waals surface area contributed by atoms with Crippen molar-refractivity contribution in [3.8, 4) is 5.75 Å². The Labute approximate surface area is 141 Å². The van der Waals surface area contributed by atoms with Crippen LogP contribution in [0, 0.1) is 0 Å². The maximum absolute atomic E-state index is 12.3. The van der Waals surface area contributed by atoms with E-state index in [4.69, 9.17) is 16.3 Å². The van der Waals surface area contributed by atoms with Crippen LogP contribution in [-0.2, 0) is 16.8 Å². The first-order chi connectivity index (χ1) is 11.1. The average molecular weight is 330 g/mol. The van der Waals surface area contributed by atoms with E-state index in [0.29, 0.717) is 17.9 Å². The Bertz CT molecular complexity index is 693. The van der Waals surface area contributed by atoms with Gasteiger partial charge >= 0.3 is 0 Å². The summed E-state index contributed by atoms with van der Waals surface area (Å²) in [7, 11) is 1.66. The Morgan fingerprint density at radius 3 is 2.52 bits per heavy atom. The lowest BCUT2D eigenvalue weighted by molar-refractivity contribution is -0.122. The van der Waals surface area contributed by atoms with Crippen LogP contribution in [0.2, 0.25) is 5.02 Å². The molecular weight excluding hydrogens is 310 g/mol. The fraction of sp³-hybridized carbons (Fsp3) is 0.316. The van der Waals surface area contributed by atoms with E-state index in [1.54, 1.807) is 7.11 Å². The average Bonchev–Trinajstić information content (AvgIpc) is 3.35. The highest BCUT2D eigenvalue weighted by Gasteiger charge is 2.47. The molecule has 1 N–H and O–H groups in total. The lowest BCUT2D eigenvalue weighted by Gasteiger charge is -2.20. The molecule has 0 heterocycles. The van der Waals surface area contributed by atoms with Crippen LogP contribution in [0.3, 0.4) is 0 Å². The lowest BCUT2D eigenvalue weighted by Crippen LogP contribution is -2.35. The van der Waals surface area contributed by atoms with E-state index >= 15 is 0 Å². The zero-order valence-corrected chi connectivity index (χ0v) is 13.9. The first kappa shape index (κ1) is 15.9. The maximum Gasteiger partial charge on any atom is 0.221 e. The molecule has 0 spiro atoms. The molecule has 1 aliphatic carbocycles. The van der Waals surface area contributed by atoms with Crippen LogP contribution in [-0.4, -0.2) is 13.0 Å². The van der Waals surface area contributed by atoms with Gasteiger partial charge in [-0.1, -0.05) is 41.9 Å². The molecule has 0 aromatic heterocycles. The van der Waals surface area contributed by atoms with Crippen LogP contribution in [0.1, 0.15) is 30.4 Å². The SMILES string of the molecule is COc1ccccc1C1(NC(=O)CCc2ccc(Cl)cc2)CC1. The quantitative estimate of drug-likeness (QED) is 0.867. The van der Waals surface area contributed by atoms with Gasteiger partial charge in [0.25, 0.3) is 0 Å². The second kappa shape index (κ2) is 6.63. The summed E-state index contributed by atoms with van der Waals surface area (Å²) in [4.78, 5) is 12.3. The molecule has 3 rings (SSSR count). The zero-order chi connectivity index (χ0) is 16.3. The molecule has 0 atom stereocenters. The van der Waals surface area contributed by atoms with E-state index in [2.05, 4.69) is 5.32 Å². The first-order valence-corrected chi connectivity index (χ1v) is 8.20. The molecule has 1 fully saturated rings. The van der Waals surface area contributed by atoms with Crippen LogP contribution in [0.5, 0.6) is 5.75 Å². The fourth-order valence-electron chi connectivity index (χ4n) is 2.86. The van der Waals surface area contributed by atoms with Crippen molar-refractivity contribution in [3.63, 3.8) is 0 Å². The molecule has 0 radical (unpaired) electrons. The van der Waals surface area contributed by atoms with Gasteiger partial charge in [-0.15, -0.1) is 0 Å². The number of ether oxygens (including phenoxy) is 1. The molecule has 3 nitrogen and oxygen atoms in total. The Morgan fingerprint density at radius 1 is 1.17 bits per heavy atom. The maximum atomic E-state index is 12.3. The van der Waals surface area contributed by atoms with E-state index in [0.717, 1.165) is 29.7 Å². The summed E-state index contributed by atoms with van der Waals surface area (Å²) in [6, 6.07) is 15.5. The third-order valence-corrected chi connectivity index (χ3v) is 4.56. The number of carbonyl (C=O) groups excluding carboxylic acids is 1. The van der Waals surface area contributed by atoms with Crippen molar-refractivity contribution in [1.82, 2.24) is 5.32 Å². The Kier molecular flexibility index (Phi) is 4.58. The molecule has 4 heteroatoms. The standard InChI is InChI=1S/C19H20ClNO2/c1-23-17-5-3-2-4-16(17)19(12-13-19)21-18(22)11-8-14-6-9-15(20)10-7-14/h2-7,9-10H,8,11-13H2,1H3,(H,21,22). The highest BCUT2D eigenvalue weighted by atomic mass is 35.5. The van der Waals surface area contributed by atoms with Gasteiger partial charge in [-0.3, -0.25) is 4.79 Å². The summed E-state index contributed by atoms with van der Waals surface area (Å²) in [6.07, 6.45) is 3.10. The molecule has 0 aliphatic heterocycles. The molecule has 120 valence electrons. The number of halogens is 1. The smallest absolute Gasteiger partial charge is 0.221 e. The van der Waals surface area contributed by atoms with Gasteiger partial charge in [0.15, 0.2) is 0 Å². The number of benzene rings is 2. The predicted molar refractivity (Wildman–Crippen MR) is 91.8 cm³/mol. The molecule has 1 aliphatic rings. The Morgan fingerprint density at radius 2 is 1.87 bits per heavy atom. The van der Waals surface area contributed by atoms with Gasteiger partial charge in [0, 0.05) is 17.0 Å². The molecule has 2 aromatic carbocycles. The van der Waals surface area contributed by atoms with E-state index in [1.165, 1.54) is 0 Å². The second-order valence-electron chi connectivity index (χ2n) is 5.96. The lowest BCUT2D eigenvalue weighted by atomic mass is 10.0. The second-order valence-corrected chi connectivity index (χ2v) is 6.39. The monoisotopic (exact) mass is 329 g/mol. The Hall–Kier alpha value is -2.00. The van der Waals surface area contributed by atoms with Crippen molar-refractivity contribution >= 4 is 17.5 Å². The van der Waals surface area contributed by atoms with E-state index in [9.17, 15) is 4.79 Å². The molecule has 1 amide bonds. The Balaban J connectivity index is 1.62. The van der Waals surface area contributed by atoms with E-state index in [1.807, 2.05) is 48.5 Å². The van der Waals surface area contributed by atoms with Crippen LogP contribution in [0.4, 0.5) is 0 Å². The number of methoxy groups -OCH3 is 1. The van der Waals surface area contributed by atoms with Crippen molar-refractivity contribution in [2.45, 2.75) is 31.2 Å². The summed E-state index contributed by atoms with van der Waals surface area (Å²) < 4.78 is 5.43. The van der Waals surface area contributed by atoms with Crippen molar-refractivity contribution in [2.24, 2.45) is 0 Å². The molecule has 23 heavy (non-hydrogen) atoms. The molecule has 0 saturated heterocycles. The van der Waals surface area contributed by atoms with Gasteiger partial charge in [0.1, 0.15) is 5.75 Å². The van der Waals surface area contributed by atoms with Gasteiger partial charge in [0.05, 0.1) is 12.6 Å². The van der Waals surface area contributed by atoms with Crippen LogP contribution in [0.25, 0.3) is 0 Å². The molecule has 0 unspecified atom stereocenters. The summed E-state index contributed by atoms with van der Waals surface area (Å²) in [6.45, 7) is 0. The molecular formula is C19H20ClNO2. The number of carbonyl (C=O) groups is 1. The largest absolute Gasteiger partial charge is 0.496 e. The molecule has 1 saturated carbocycles. The van der Waals surface area contributed by atoms with E-state index in [-0.39, 0.29) is 11.4 Å². The first-order valence-electron chi connectivity index (χ1n) is 7.82. The zero-order valence-electron chi connectivity index (χ0n) is 13.1. The number of hydrogen-bond donors (Lipinski definition) is 1. The van der Waals surface area contributed by atoms with Gasteiger partial charge in [-0.2, -0.15) is 0 Å². The van der Waals surface area contributed by atoms with Crippen LogP contribution < -0.4 is 10.1 Å². The van der Waals surface area contributed by atoms with Crippen molar-refractivity contribution in [3.05, 3.63) is 64.7 Å². The van der Waals surface area contributed by atoms with Crippen molar-refractivity contribution in [1.29, 1.82) is 0 Å². The third kappa shape index (κ3) is 3.67. The van der Waals surface area contributed by atoms with Gasteiger partial charge in [-0.05, 0) is 43.0 Å². The van der Waals surface area contributed by atoms with Gasteiger partial charge < -0.3 is 10.1 Å². The van der Waals surface area contributed by atoms with Crippen LogP contribution in [0.15, 0.2) is 48.5 Å². The summed E-state index contributed by atoms with van der Waals surface area (Å²) in [5.74, 6) is 0.909. The highest BCUT2D eigenvalue weighted by molar-refractivity contribution is 6.30. The molecule has 2 aromatic rings. The van der Waals surface area contributed by atoms with Crippen molar-refractivity contribution in [2.75, 3.05) is 7.11 Å².